The lowest BCUT2D eigenvalue weighted by atomic mass is 10.1. The summed E-state index contributed by atoms with van der Waals surface area (Å²) in [4.78, 5) is 9.01. The molecule has 2 heterocycles. The Labute approximate surface area is 149 Å². The molecular formula is C21H13N3S. The lowest BCUT2D eigenvalue weighted by Crippen LogP contribution is -1.85. The molecule has 25 heavy (non-hydrogen) atoms. The molecule has 0 fully saturated rings. The fourth-order valence-corrected chi connectivity index (χ4v) is 3.47. The zero-order chi connectivity index (χ0) is 17.1. The maximum atomic E-state index is 9.63. The van der Waals surface area contributed by atoms with Crippen LogP contribution < -0.4 is 0 Å². The summed E-state index contributed by atoms with van der Waals surface area (Å²) in [7, 11) is 0. The summed E-state index contributed by atoms with van der Waals surface area (Å²) in [6.07, 6.45) is 3.65. The second-order valence-corrected chi connectivity index (χ2v) is 6.35. The van der Waals surface area contributed by atoms with Crippen molar-refractivity contribution in [1.82, 2.24) is 9.97 Å². The molecule has 0 saturated carbocycles. The van der Waals surface area contributed by atoms with Gasteiger partial charge in [0.15, 0.2) is 0 Å². The first-order valence-electron chi connectivity index (χ1n) is 7.82. The van der Waals surface area contributed by atoms with E-state index in [-0.39, 0.29) is 0 Å². The number of thiazole rings is 1. The van der Waals surface area contributed by atoms with Crippen molar-refractivity contribution in [2.45, 2.75) is 0 Å². The molecule has 0 aliphatic rings. The molecule has 0 aliphatic carbocycles. The maximum absolute atomic E-state index is 9.63. The molecule has 0 atom stereocenters. The second-order valence-electron chi connectivity index (χ2n) is 5.49. The van der Waals surface area contributed by atoms with E-state index in [0.29, 0.717) is 5.57 Å². The van der Waals surface area contributed by atoms with Crippen LogP contribution in [0.4, 0.5) is 0 Å². The Balaban J connectivity index is 1.77. The highest BCUT2D eigenvalue weighted by Gasteiger charge is 2.10. The first kappa shape index (κ1) is 15.3. The van der Waals surface area contributed by atoms with Gasteiger partial charge in [0, 0.05) is 22.5 Å². The van der Waals surface area contributed by atoms with Gasteiger partial charge in [0.25, 0.3) is 0 Å². The highest BCUT2D eigenvalue weighted by molar-refractivity contribution is 7.11. The highest BCUT2D eigenvalue weighted by atomic mass is 32.1. The third kappa shape index (κ3) is 3.06. The largest absolute Gasteiger partial charge is 0.256 e. The number of nitrogens with zero attached hydrogens (tertiary/aromatic N) is 3. The number of pyridine rings is 1. The summed E-state index contributed by atoms with van der Waals surface area (Å²) in [6, 6.07) is 22.1. The molecule has 0 N–H and O–H groups in total. The fraction of sp³-hybridized carbons (Fsp3) is 0. The summed E-state index contributed by atoms with van der Waals surface area (Å²) in [6.45, 7) is 0. The maximum Gasteiger partial charge on any atom is 0.134 e. The van der Waals surface area contributed by atoms with Crippen LogP contribution in [0.15, 0.2) is 72.2 Å². The van der Waals surface area contributed by atoms with E-state index in [2.05, 4.69) is 16.0 Å². The number of fused-ring (bicyclic) bond motifs is 1. The third-order valence-corrected chi connectivity index (χ3v) is 4.78. The third-order valence-electron chi connectivity index (χ3n) is 3.91. The Morgan fingerprint density at radius 1 is 1.00 bits per heavy atom. The van der Waals surface area contributed by atoms with Gasteiger partial charge in [-0.2, -0.15) is 5.26 Å². The van der Waals surface area contributed by atoms with Gasteiger partial charge in [-0.1, -0.05) is 48.5 Å². The number of para-hydroxylation sites is 1. The minimum atomic E-state index is 0.559. The number of allylic oxidation sites excluding steroid dienone is 1. The van der Waals surface area contributed by atoms with Gasteiger partial charge in [0.2, 0.25) is 0 Å². The zero-order valence-electron chi connectivity index (χ0n) is 13.3. The van der Waals surface area contributed by atoms with E-state index in [9.17, 15) is 5.26 Å². The van der Waals surface area contributed by atoms with Crippen LogP contribution in [0, 0.1) is 11.3 Å². The van der Waals surface area contributed by atoms with Crippen LogP contribution in [-0.2, 0) is 0 Å². The van der Waals surface area contributed by atoms with Crippen molar-refractivity contribution < 1.29 is 0 Å². The van der Waals surface area contributed by atoms with Crippen LogP contribution in [0.2, 0.25) is 0 Å². The number of hydrogen-bond acceptors (Lipinski definition) is 4. The van der Waals surface area contributed by atoms with Crippen molar-refractivity contribution in [2.75, 3.05) is 0 Å². The Bertz CT molecular complexity index is 1100. The van der Waals surface area contributed by atoms with Gasteiger partial charge in [-0.15, -0.1) is 11.3 Å². The Morgan fingerprint density at radius 2 is 1.80 bits per heavy atom. The molecular weight excluding hydrogens is 326 g/mol. The van der Waals surface area contributed by atoms with Gasteiger partial charge in [-0.05, 0) is 23.8 Å². The standard InChI is InChI=1S/C21H13N3S/c22-13-17(12-16-10-11-23-19-9-5-4-8-18(16)19)21-24-20(14-25-21)15-6-2-1-3-7-15/h1-12,14H/b17-12-. The SMILES string of the molecule is N#C/C(=C/c1ccnc2ccccc12)c1nc(-c2ccccc2)cs1. The van der Waals surface area contributed by atoms with Gasteiger partial charge in [0.05, 0.1) is 16.8 Å². The molecule has 0 amide bonds. The Hall–Kier alpha value is -3.29. The lowest BCUT2D eigenvalue weighted by Gasteiger charge is -2.01. The molecule has 0 spiro atoms. The summed E-state index contributed by atoms with van der Waals surface area (Å²) in [5, 5.41) is 13.4. The van der Waals surface area contributed by atoms with Gasteiger partial charge >= 0.3 is 0 Å². The minimum Gasteiger partial charge on any atom is -0.256 e. The number of hydrogen-bond donors (Lipinski definition) is 0. The van der Waals surface area contributed by atoms with E-state index >= 15 is 0 Å². The topological polar surface area (TPSA) is 49.6 Å². The molecule has 4 heteroatoms. The summed E-state index contributed by atoms with van der Waals surface area (Å²) in [5.41, 5.74) is 4.39. The normalized spacial score (nSPS) is 11.4. The van der Waals surface area contributed by atoms with Crippen molar-refractivity contribution in [3.8, 4) is 17.3 Å². The van der Waals surface area contributed by atoms with E-state index in [1.807, 2.05) is 72.1 Å². The summed E-state index contributed by atoms with van der Waals surface area (Å²) >= 11 is 1.48. The molecule has 2 aromatic carbocycles. The Morgan fingerprint density at radius 3 is 2.64 bits per heavy atom. The number of aromatic nitrogens is 2. The van der Waals surface area contributed by atoms with E-state index in [1.165, 1.54) is 11.3 Å². The number of nitriles is 1. The van der Waals surface area contributed by atoms with E-state index in [4.69, 9.17) is 0 Å². The van der Waals surface area contributed by atoms with Gasteiger partial charge < -0.3 is 0 Å². The van der Waals surface area contributed by atoms with Crippen molar-refractivity contribution >= 4 is 33.9 Å². The molecule has 2 aromatic heterocycles. The molecule has 4 aromatic rings. The Kier molecular flexibility index (Phi) is 4.07. The fourth-order valence-electron chi connectivity index (χ4n) is 2.68. The van der Waals surface area contributed by atoms with Crippen molar-refractivity contribution in [3.63, 3.8) is 0 Å². The van der Waals surface area contributed by atoms with Crippen LogP contribution in [0.3, 0.4) is 0 Å². The zero-order valence-corrected chi connectivity index (χ0v) is 14.1. The van der Waals surface area contributed by atoms with Gasteiger partial charge in [-0.3, -0.25) is 4.98 Å². The summed E-state index contributed by atoms with van der Waals surface area (Å²) < 4.78 is 0. The molecule has 0 aliphatic heterocycles. The molecule has 0 radical (unpaired) electrons. The van der Waals surface area contributed by atoms with Crippen LogP contribution in [0.25, 0.3) is 33.8 Å². The van der Waals surface area contributed by atoms with Crippen molar-refractivity contribution in [3.05, 3.63) is 82.8 Å². The molecule has 0 unspecified atom stereocenters. The highest BCUT2D eigenvalue weighted by Crippen LogP contribution is 2.28. The predicted molar refractivity (Wildman–Crippen MR) is 103 cm³/mol. The van der Waals surface area contributed by atoms with Crippen molar-refractivity contribution in [1.29, 1.82) is 5.26 Å². The van der Waals surface area contributed by atoms with Crippen molar-refractivity contribution in [2.24, 2.45) is 0 Å². The minimum absolute atomic E-state index is 0.559. The van der Waals surface area contributed by atoms with Crippen LogP contribution in [0.1, 0.15) is 10.6 Å². The monoisotopic (exact) mass is 339 g/mol. The smallest absolute Gasteiger partial charge is 0.134 e. The van der Waals surface area contributed by atoms with Crippen LogP contribution in [0.5, 0.6) is 0 Å². The molecule has 0 bridgehead atoms. The van der Waals surface area contributed by atoms with Crippen LogP contribution >= 0.6 is 11.3 Å². The molecule has 3 nitrogen and oxygen atoms in total. The molecule has 0 saturated heterocycles. The second kappa shape index (κ2) is 6.68. The average molecular weight is 339 g/mol. The van der Waals surface area contributed by atoms with Crippen LogP contribution in [-0.4, -0.2) is 9.97 Å². The lowest BCUT2D eigenvalue weighted by molar-refractivity contribution is 1.37. The molecule has 118 valence electrons. The first-order valence-corrected chi connectivity index (χ1v) is 8.70. The van der Waals surface area contributed by atoms with E-state index < -0.39 is 0 Å². The summed E-state index contributed by atoms with van der Waals surface area (Å²) in [5.74, 6) is 0. The van der Waals surface area contributed by atoms with Gasteiger partial charge in [0.1, 0.15) is 11.1 Å². The average Bonchev–Trinajstić information content (AvgIpc) is 3.17. The molecule has 4 rings (SSSR count). The van der Waals surface area contributed by atoms with E-state index in [0.717, 1.165) is 32.7 Å². The van der Waals surface area contributed by atoms with Gasteiger partial charge in [-0.25, -0.2) is 4.98 Å². The number of rotatable bonds is 3. The predicted octanol–water partition coefficient (Wildman–Crippen LogP) is 5.42. The quantitative estimate of drug-likeness (QED) is 0.468. The first-order chi connectivity index (χ1) is 12.3. The number of benzene rings is 2. The van der Waals surface area contributed by atoms with E-state index in [1.54, 1.807) is 6.20 Å².